The van der Waals surface area contributed by atoms with Crippen molar-refractivity contribution in [2.75, 3.05) is 17.2 Å². The SMILES string of the molecule is CCOc1ccccc1Nc1ccc(NC(=O)CC(C)C)cn1. The number of aromatic nitrogens is 1. The number of benzene rings is 1. The Kier molecular flexibility index (Phi) is 5.97. The zero-order valence-electron chi connectivity index (χ0n) is 13.8. The molecule has 23 heavy (non-hydrogen) atoms. The van der Waals surface area contributed by atoms with Crippen LogP contribution in [0.25, 0.3) is 0 Å². The Morgan fingerprint density at radius 3 is 2.65 bits per heavy atom. The molecule has 0 aliphatic carbocycles. The molecule has 0 atom stereocenters. The number of nitrogens with zero attached hydrogens (tertiary/aromatic N) is 1. The molecule has 2 N–H and O–H groups in total. The summed E-state index contributed by atoms with van der Waals surface area (Å²) >= 11 is 0. The van der Waals surface area contributed by atoms with E-state index in [9.17, 15) is 4.79 Å². The molecule has 2 aromatic rings. The molecule has 0 fully saturated rings. The van der Waals surface area contributed by atoms with Crippen molar-refractivity contribution in [1.82, 2.24) is 4.98 Å². The predicted octanol–water partition coefficient (Wildman–Crippen LogP) is 4.21. The third-order valence-corrected chi connectivity index (χ3v) is 3.09. The summed E-state index contributed by atoms with van der Waals surface area (Å²) in [5.74, 6) is 1.81. The van der Waals surface area contributed by atoms with Crippen LogP contribution in [0, 0.1) is 5.92 Å². The molecule has 0 unspecified atom stereocenters. The number of ether oxygens (including phenoxy) is 1. The standard InChI is InChI=1S/C18H23N3O2/c1-4-23-16-8-6-5-7-15(16)21-17-10-9-14(12-19-17)20-18(22)11-13(2)3/h5-10,12-13H,4,11H2,1-3H3,(H,19,21)(H,20,22). The van der Waals surface area contributed by atoms with Crippen LogP contribution in [0.3, 0.4) is 0 Å². The second kappa shape index (κ2) is 8.17. The molecule has 1 amide bonds. The zero-order chi connectivity index (χ0) is 16.7. The zero-order valence-corrected chi connectivity index (χ0v) is 13.8. The van der Waals surface area contributed by atoms with Crippen LogP contribution in [0.1, 0.15) is 27.2 Å². The van der Waals surface area contributed by atoms with Gasteiger partial charge in [-0.05, 0) is 37.1 Å². The maximum atomic E-state index is 11.7. The third-order valence-electron chi connectivity index (χ3n) is 3.09. The fraction of sp³-hybridized carbons (Fsp3) is 0.333. The highest BCUT2D eigenvalue weighted by Crippen LogP contribution is 2.26. The van der Waals surface area contributed by atoms with Gasteiger partial charge in [0.05, 0.1) is 24.2 Å². The maximum absolute atomic E-state index is 11.7. The lowest BCUT2D eigenvalue weighted by molar-refractivity contribution is -0.116. The summed E-state index contributed by atoms with van der Waals surface area (Å²) in [4.78, 5) is 16.1. The molecule has 5 heteroatoms. The van der Waals surface area contributed by atoms with E-state index in [2.05, 4.69) is 15.6 Å². The highest BCUT2D eigenvalue weighted by Gasteiger charge is 2.07. The first kappa shape index (κ1) is 16.8. The van der Waals surface area contributed by atoms with Gasteiger partial charge in [0.15, 0.2) is 0 Å². The first-order valence-corrected chi connectivity index (χ1v) is 7.83. The van der Waals surface area contributed by atoms with Gasteiger partial charge in [0, 0.05) is 6.42 Å². The van der Waals surface area contributed by atoms with Crippen LogP contribution in [0.5, 0.6) is 5.75 Å². The molecule has 0 saturated carbocycles. The second-order valence-electron chi connectivity index (χ2n) is 5.63. The first-order chi connectivity index (χ1) is 11.1. The summed E-state index contributed by atoms with van der Waals surface area (Å²) in [5.41, 5.74) is 1.55. The van der Waals surface area contributed by atoms with Crippen LogP contribution in [0.15, 0.2) is 42.6 Å². The number of pyridine rings is 1. The van der Waals surface area contributed by atoms with Gasteiger partial charge in [0.1, 0.15) is 11.6 Å². The molecule has 1 aromatic carbocycles. The molecule has 0 bridgehead atoms. The van der Waals surface area contributed by atoms with Gasteiger partial charge >= 0.3 is 0 Å². The van der Waals surface area contributed by atoms with E-state index in [1.165, 1.54) is 0 Å². The van der Waals surface area contributed by atoms with Crippen LogP contribution in [0.2, 0.25) is 0 Å². The van der Waals surface area contributed by atoms with Gasteiger partial charge < -0.3 is 15.4 Å². The Morgan fingerprint density at radius 2 is 2.00 bits per heavy atom. The van der Waals surface area contributed by atoms with Crippen LogP contribution < -0.4 is 15.4 Å². The number of para-hydroxylation sites is 2. The van der Waals surface area contributed by atoms with Gasteiger partial charge in [-0.25, -0.2) is 4.98 Å². The van der Waals surface area contributed by atoms with Gasteiger partial charge in [0.25, 0.3) is 0 Å². The Morgan fingerprint density at radius 1 is 1.22 bits per heavy atom. The molecular formula is C18H23N3O2. The minimum Gasteiger partial charge on any atom is -0.492 e. The van der Waals surface area contributed by atoms with E-state index in [1.807, 2.05) is 57.2 Å². The normalized spacial score (nSPS) is 10.4. The van der Waals surface area contributed by atoms with Crippen LogP contribution in [-0.2, 0) is 4.79 Å². The second-order valence-corrected chi connectivity index (χ2v) is 5.63. The van der Waals surface area contributed by atoms with Gasteiger partial charge in [-0.15, -0.1) is 0 Å². The molecular weight excluding hydrogens is 290 g/mol. The lowest BCUT2D eigenvalue weighted by atomic mass is 10.1. The number of hydrogen-bond acceptors (Lipinski definition) is 4. The molecule has 1 aromatic heterocycles. The third kappa shape index (κ3) is 5.29. The number of nitrogens with one attached hydrogen (secondary N) is 2. The summed E-state index contributed by atoms with van der Waals surface area (Å²) in [6, 6.07) is 11.4. The first-order valence-electron chi connectivity index (χ1n) is 7.83. The molecule has 1 heterocycles. The van der Waals surface area contributed by atoms with Crippen molar-refractivity contribution < 1.29 is 9.53 Å². The van der Waals surface area contributed by atoms with Crippen molar-refractivity contribution in [3.8, 4) is 5.75 Å². The quantitative estimate of drug-likeness (QED) is 0.804. The lowest BCUT2D eigenvalue weighted by Gasteiger charge is -2.12. The van der Waals surface area contributed by atoms with Crippen molar-refractivity contribution in [3.05, 3.63) is 42.6 Å². The molecule has 0 aliphatic rings. The van der Waals surface area contributed by atoms with E-state index >= 15 is 0 Å². The van der Waals surface area contributed by atoms with Gasteiger partial charge in [-0.2, -0.15) is 0 Å². The molecule has 0 spiro atoms. The Bertz CT molecular complexity index is 639. The van der Waals surface area contributed by atoms with Crippen molar-refractivity contribution in [2.45, 2.75) is 27.2 Å². The molecule has 2 rings (SSSR count). The van der Waals surface area contributed by atoms with E-state index < -0.39 is 0 Å². The van der Waals surface area contributed by atoms with Crippen molar-refractivity contribution in [3.63, 3.8) is 0 Å². The summed E-state index contributed by atoms with van der Waals surface area (Å²) in [6.45, 7) is 6.58. The predicted molar refractivity (Wildman–Crippen MR) is 93.2 cm³/mol. The van der Waals surface area contributed by atoms with E-state index in [1.54, 1.807) is 6.20 Å². The smallest absolute Gasteiger partial charge is 0.224 e. The fourth-order valence-corrected chi connectivity index (χ4v) is 2.11. The van der Waals surface area contributed by atoms with E-state index in [4.69, 9.17) is 4.74 Å². The highest BCUT2D eigenvalue weighted by molar-refractivity contribution is 5.90. The van der Waals surface area contributed by atoms with Crippen molar-refractivity contribution in [1.29, 1.82) is 0 Å². The number of anilines is 3. The maximum Gasteiger partial charge on any atom is 0.224 e. The monoisotopic (exact) mass is 313 g/mol. The van der Waals surface area contributed by atoms with E-state index in [0.29, 0.717) is 30.5 Å². The minimum absolute atomic E-state index is 0.00389. The van der Waals surface area contributed by atoms with Gasteiger partial charge in [0.2, 0.25) is 5.91 Å². The summed E-state index contributed by atoms with van der Waals surface area (Å²) in [6.07, 6.45) is 2.14. The van der Waals surface area contributed by atoms with Gasteiger partial charge in [-0.1, -0.05) is 26.0 Å². The molecule has 5 nitrogen and oxygen atoms in total. The highest BCUT2D eigenvalue weighted by atomic mass is 16.5. The van der Waals surface area contributed by atoms with Crippen LogP contribution in [-0.4, -0.2) is 17.5 Å². The van der Waals surface area contributed by atoms with Crippen LogP contribution >= 0.6 is 0 Å². The average Bonchev–Trinajstić information content (AvgIpc) is 2.50. The van der Waals surface area contributed by atoms with Crippen LogP contribution in [0.4, 0.5) is 17.2 Å². The molecule has 0 aliphatic heterocycles. The molecule has 0 saturated heterocycles. The average molecular weight is 313 g/mol. The summed E-state index contributed by atoms with van der Waals surface area (Å²) in [5, 5.41) is 6.06. The van der Waals surface area contributed by atoms with E-state index in [-0.39, 0.29) is 5.91 Å². The van der Waals surface area contributed by atoms with Crippen molar-refractivity contribution in [2.24, 2.45) is 5.92 Å². The fourth-order valence-electron chi connectivity index (χ4n) is 2.11. The van der Waals surface area contributed by atoms with Crippen molar-refractivity contribution >= 4 is 23.1 Å². The Labute approximate surface area is 137 Å². The number of hydrogen-bond donors (Lipinski definition) is 2. The largest absolute Gasteiger partial charge is 0.492 e. The molecule has 122 valence electrons. The summed E-state index contributed by atoms with van der Waals surface area (Å²) in [7, 11) is 0. The number of amides is 1. The van der Waals surface area contributed by atoms with Gasteiger partial charge in [-0.3, -0.25) is 4.79 Å². The summed E-state index contributed by atoms with van der Waals surface area (Å²) < 4.78 is 5.58. The number of carbonyl (C=O) groups is 1. The topological polar surface area (TPSA) is 63.2 Å². The lowest BCUT2D eigenvalue weighted by Crippen LogP contribution is -2.14. The Balaban J connectivity index is 2.01. The number of rotatable bonds is 7. The van der Waals surface area contributed by atoms with E-state index in [0.717, 1.165) is 11.4 Å². The molecule has 0 radical (unpaired) electrons. The number of carbonyl (C=O) groups excluding carboxylic acids is 1. The minimum atomic E-state index is 0.00389. The Hall–Kier alpha value is -2.56.